The van der Waals surface area contributed by atoms with Gasteiger partial charge in [-0.15, -0.1) is 0 Å². The SMILES string of the molecule is Nc1ncc(-c2cc(O[C@H]3C[C@H](N4CCOC4=O)C3)nc(N3CCOCC3)n2)cn1. The fourth-order valence-electron chi connectivity index (χ4n) is 3.79. The van der Waals surface area contributed by atoms with E-state index in [1.54, 1.807) is 23.4 Å². The summed E-state index contributed by atoms with van der Waals surface area (Å²) in [4.78, 5) is 33.0. The van der Waals surface area contributed by atoms with Crippen molar-refractivity contribution in [2.24, 2.45) is 0 Å². The van der Waals surface area contributed by atoms with Crippen LogP contribution in [0.4, 0.5) is 16.7 Å². The number of hydrogen-bond acceptors (Lipinski definition) is 10. The molecular weight excluding hydrogens is 390 g/mol. The normalized spacial score (nSPS) is 23.8. The van der Waals surface area contributed by atoms with Crippen LogP contribution in [0.2, 0.25) is 0 Å². The second kappa shape index (κ2) is 7.90. The number of rotatable bonds is 5. The minimum Gasteiger partial charge on any atom is -0.474 e. The fraction of sp³-hybridized carbons (Fsp3) is 0.526. The van der Waals surface area contributed by atoms with E-state index in [-0.39, 0.29) is 24.2 Å². The topological polar surface area (TPSA) is 129 Å². The van der Waals surface area contributed by atoms with Gasteiger partial charge < -0.3 is 29.7 Å². The summed E-state index contributed by atoms with van der Waals surface area (Å²) in [5.41, 5.74) is 7.01. The summed E-state index contributed by atoms with van der Waals surface area (Å²) in [5, 5.41) is 0. The Bertz CT molecular complexity index is 914. The molecule has 2 saturated heterocycles. The smallest absolute Gasteiger partial charge is 0.410 e. The van der Waals surface area contributed by atoms with E-state index in [0.29, 0.717) is 57.0 Å². The molecule has 1 amide bonds. The van der Waals surface area contributed by atoms with Crippen LogP contribution in [0.1, 0.15) is 12.8 Å². The summed E-state index contributed by atoms with van der Waals surface area (Å²) in [7, 11) is 0. The summed E-state index contributed by atoms with van der Waals surface area (Å²) in [5.74, 6) is 1.28. The van der Waals surface area contributed by atoms with E-state index < -0.39 is 0 Å². The number of cyclic esters (lactones) is 1. The van der Waals surface area contributed by atoms with E-state index >= 15 is 0 Å². The van der Waals surface area contributed by atoms with Gasteiger partial charge in [-0.1, -0.05) is 0 Å². The minimum atomic E-state index is -0.235. The molecule has 1 aliphatic carbocycles. The van der Waals surface area contributed by atoms with Crippen LogP contribution in [0.3, 0.4) is 0 Å². The Morgan fingerprint density at radius 1 is 1.07 bits per heavy atom. The molecule has 11 nitrogen and oxygen atoms in total. The standard InChI is InChI=1S/C19H23N7O4/c20-17-21-10-12(11-22-17)15-9-16(24-18(23-15)25-1-4-28-5-2-25)30-14-7-13(8-14)26-3-6-29-19(26)27/h9-11,13-14H,1-8H2,(H2,20,21,22)/t13-,14-. The van der Waals surface area contributed by atoms with E-state index in [2.05, 4.69) is 24.8 Å². The molecule has 3 fully saturated rings. The molecule has 30 heavy (non-hydrogen) atoms. The number of anilines is 2. The first kappa shape index (κ1) is 18.8. The molecule has 0 radical (unpaired) electrons. The van der Waals surface area contributed by atoms with Gasteiger partial charge in [-0.05, 0) is 0 Å². The molecule has 5 rings (SSSR count). The zero-order valence-corrected chi connectivity index (χ0v) is 16.4. The largest absolute Gasteiger partial charge is 0.474 e. The Balaban J connectivity index is 1.35. The quantitative estimate of drug-likeness (QED) is 0.748. The van der Waals surface area contributed by atoms with E-state index in [9.17, 15) is 4.79 Å². The third-order valence-corrected chi connectivity index (χ3v) is 5.54. The molecule has 2 aliphatic heterocycles. The predicted molar refractivity (Wildman–Crippen MR) is 106 cm³/mol. The molecule has 3 aliphatic rings. The number of morpholine rings is 1. The van der Waals surface area contributed by atoms with Gasteiger partial charge in [0.25, 0.3) is 0 Å². The number of carbonyl (C=O) groups excluding carboxylic acids is 1. The Kier molecular flexibility index (Phi) is 4.95. The van der Waals surface area contributed by atoms with Gasteiger partial charge in [-0.25, -0.2) is 19.7 Å². The Labute approximate surface area is 173 Å². The van der Waals surface area contributed by atoms with Gasteiger partial charge in [0, 0.05) is 56.0 Å². The van der Waals surface area contributed by atoms with Crippen LogP contribution in [0.25, 0.3) is 11.3 Å². The van der Waals surface area contributed by atoms with Gasteiger partial charge in [0.1, 0.15) is 12.7 Å². The van der Waals surface area contributed by atoms with E-state index in [1.807, 2.05) is 0 Å². The number of carbonyl (C=O) groups is 1. The van der Waals surface area contributed by atoms with E-state index in [1.165, 1.54) is 0 Å². The average Bonchev–Trinajstić information content (AvgIpc) is 3.16. The van der Waals surface area contributed by atoms with Crippen LogP contribution in [-0.4, -0.2) is 82.5 Å². The number of nitrogens with two attached hydrogens (primary N) is 1. The highest BCUT2D eigenvalue weighted by Gasteiger charge is 2.40. The first-order valence-electron chi connectivity index (χ1n) is 10.1. The zero-order chi connectivity index (χ0) is 20.5. The molecule has 2 aromatic heterocycles. The molecule has 0 bridgehead atoms. The second-order valence-corrected chi connectivity index (χ2v) is 7.49. The Morgan fingerprint density at radius 3 is 2.53 bits per heavy atom. The van der Waals surface area contributed by atoms with Crippen LogP contribution < -0.4 is 15.4 Å². The number of amides is 1. The summed E-state index contributed by atoms with van der Waals surface area (Å²) >= 11 is 0. The van der Waals surface area contributed by atoms with Crippen molar-refractivity contribution in [3.8, 4) is 17.1 Å². The van der Waals surface area contributed by atoms with Gasteiger partial charge in [0.2, 0.25) is 17.8 Å². The van der Waals surface area contributed by atoms with Gasteiger partial charge in [0.05, 0.1) is 25.5 Å². The van der Waals surface area contributed by atoms with Crippen molar-refractivity contribution in [2.45, 2.75) is 25.0 Å². The van der Waals surface area contributed by atoms with Crippen molar-refractivity contribution in [1.82, 2.24) is 24.8 Å². The van der Waals surface area contributed by atoms with Gasteiger partial charge >= 0.3 is 6.09 Å². The number of aromatic nitrogens is 4. The van der Waals surface area contributed by atoms with Crippen molar-refractivity contribution in [3.05, 3.63) is 18.5 Å². The summed E-state index contributed by atoms with van der Waals surface area (Å²) in [6, 6.07) is 1.95. The summed E-state index contributed by atoms with van der Waals surface area (Å²) in [6.45, 7) is 3.79. The molecule has 4 heterocycles. The first-order chi connectivity index (χ1) is 14.7. The lowest BCUT2D eigenvalue weighted by Gasteiger charge is -2.39. The highest BCUT2D eigenvalue weighted by atomic mass is 16.6. The highest BCUT2D eigenvalue weighted by Crippen LogP contribution is 2.32. The van der Waals surface area contributed by atoms with Crippen LogP contribution in [-0.2, 0) is 9.47 Å². The van der Waals surface area contributed by atoms with E-state index in [4.69, 9.17) is 19.9 Å². The molecule has 2 N–H and O–H groups in total. The third-order valence-electron chi connectivity index (χ3n) is 5.54. The van der Waals surface area contributed by atoms with Crippen LogP contribution in [0, 0.1) is 0 Å². The van der Waals surface area contributed by atoms with E-state index in [0.717, 1.165) is 18.4 Å². The molecule has 1 saturated carbocycles. The van der Waals surface area contributed by atoms with Crippen LogP contribution in [0.5, 0.6) is 5.88 Å². The maximum atomic E-state index is 11.7. The van der Waals surface area contributed by atoms with Crippen molar-refractivity contribution in [1.29, 1.82) is 0 Å². The maximum absolute atomic E-state index is 11.7. The third kappa shape index (κ3) is 3.80. The molecule has 0 aromatic carbocycles. The summed E-state index contributed by atoms with van der Waals surface area (Å²) in [6.07, 6.45) is 4.54. The molecular formula is C19H23N7O4. The predicted octanol–water partition coefficient (Wildman–Crippen LogP) is 0.714. The van der Waals surface area contributed by atoms with Gasteiger partial charge in [-0.3, -0.25) is 0 Å². The van der Waals surface area contributed by atoms with Gasteiger partial charge in [0.15, 0.2) is 0 Å². The average molecular weight is 413 g/mol. The molecule has 2 aromatic rings. The lowest BCUT2D eigenvalue weighted by atomic mass is 9.88. The first-order valence-corrected chi connectivity index (χ1v) is 10.1. The van der Waals surface area contributed by atoms with Crippen molar-refractivity contribution < 1.29 is 19.0 Å². The molecule has 0 atom stereocenters. The number of ether oxygens (including phenoxy) is 3. The van der Waals surface area contributed by atoms with Crippen LogP contribution in [0.15, 0.2) is 18.5 Å². The fourth-order valence-corrected chi connectivity index (χ4v) is 3.79. The van der Waals surface area contributed by atoms with Gasteiger partial charge in [-0.2, -0.15) is 4.98 Å². The number of nitrogens with zero attached hydrogens (tertiary/aromatic N) is 6. The number of hydrogen-bond donors (Lipinski definition) is 1. The summed E-state index contributed by atoms with van der Waals surface area (Å²) < 4.78 is 16.6. The lowest BCUT2D eigenvalue weighted by molar-refractivity contribution is 0.0354. The van der Waals surface area contributed by atoms with Crippen LogP contribution >= 0.6 is 0 Å². The Morgan fingerprint density at radius 2 is 1.83 bits per heavy atom. The highest BCUT2D eigenvalue weighted by molar-refractivity contribution is 5.70. The minimum absolute atomic E-state index is 0.00800. The van der Waals surface area contributed by atoms with Crippen molar-refractivity contribution in [3.63, 3.8) is 0 Å². The molecule has 0 spiro atoms. The number of nitrogen functional groups attached to an aromatic ring is 1. The maximum Gasteiger partial charge on any atom is 0.410 e. The van der Waals surface area contributed by atoms with Crippen molar-refractivity contribution >= 4 is 18.0 Å². The molecule has 11 heteroatoms. The molecule has 0 unspecified atom stereocenters. The lowest BCUT2D eigenvalue weighted by Crippen LogP contribution is -2.49. The zero-order valence-electron chi connectivity index (χ0n) is 16.4. The second-order valence-electron chi connectivity index (χ2n) is 7.49. The Hall–Kier alpha value is -3.21. The van der Waals surface area contributed by atoms with Crippen molar-refractivity contribution in [2.75, 3.05) is 50.1 Å². The monoisotopic (exact) mass is 413 g/mol. The molecule has 158 valence electrons.